The normalized spacial score (nSPS) is 19.2. The summed E-state index contributed by atoms with van der Waals surface area (Å²) >= 11 is 5.87. The third kappa shape index (κ3) is 3.59. The second-order valence-electron chi connectivity index (χ2n) is 3.99. The number of carbonyl (C=O) groups excluding carboxylic acids is 1. The minimum atomic E-state index is -0.0631. The van der Waals surface area contributed by atoms with Crippen LogP contribution in [0.1, 0.15) is 10.4 Å². The maximum Gasteiger partial charge on any atom is 0.254 e. The van der Waals surface area contributed by atoms with Gasteiger partial charge in [-0.15, -0.1) is 12.4 Å². The molecule has 0 saturated carbocycles. The lowest BCUT2D eigenvalue weighted by atomic mass is 10.1. The predicted octanol–water partition coefficient (Wildman–Crippen LogP) is 1.56. The molecule has 1 aromatic rings. The molecule has 4 nitrogen and oxygen atoms in total. The van der Waals surface area contributed by atoms with E-state index in [0.717, 1.165) is 0 Å². The second-order valence-corrected chi connectivity index (χ2v) is 4.43. The summed E-state index contributed by atoms with van der Waals surface area (Å²) < 4.78 is 5.42. The molecule has 0 spiro atoms. The van der Waals surface area contributed by atoms with Gasteiger partial charge in [0, 0.05) is 30.2 Å². The Morgan fingerprint density at radius 1 is 1.56 bits per heavy atom. The molecule has 0 aromatic heterocycles. The summed E-state index contributed by atoms with van der Waals surface area (Å²) in [6.07, 6.45) is -0.0631. The predicted molar refractivity (Wildman–Crippen MR) is 73.4 cm³/mol. The fourth-order valence-electron chi connectivity index (χ4n) is 1.85. The van der Waals surface area contributed by atoms with Crippen LogP contribution in [0.5, 0.6) is 0 Å². The van der Waals surface area contributed by atoms with Crippen LogP contribution in [0.2, 0.25) is 5.02 Å². The van der Waals surface area contributed by atoms with E-state index in [-0.39, 0.29) is 24.4 Å². The van der Waals surface area contributed by atoms with Gasteiger partial charge < -0.3 is 15.4 Å². The molecule has 1 saturated heterocycles. The Labute approximate surface area is 117 Å². The average Bonchev–Trinajstić information content (AvgIpc) is 2.38. The van der Waals surface area contributed by atoms with E-state index in [1.807, 2.05) is 0 Å². The number of carbonyl (C=O) groups is 1. The first-order chi connectivity index (χ1) is 8.20. The summed E-state index contributed by atoms with van der Waals surface area (Å²) in [5.41, 5.74) is 6.15. The number of rotatable bonds is 2. The number of nitrogens with zero attached hydrogens (tertiary/aromatic N) is 1. The molecule has 1 unspecified atom stereocenters. The first-order valence-electron chi connectivity index (χ1n) is 5.57. The number of morpholine rings is 1. The zero-order chi connectivity index (χ0) is 12.3. The van der Waals surface area contributed by atoms with E-state index in [0.29, 0.717) is 36.8 Å². The van der Waals surface area contributed by atoms with E-state index >= 15 is 0 Å². The van der Waals surface area contributed by atoms with Gasteiger partial charge in [0.05, 0.1) is 12.7 Å². The highest BCUT2D eigenvalue weighted by molar-refractivity contribution is 6.30. The summed E-state index contributed by atoms with van der Waals surface area (Å²) in [6.45, 7) is 2.11. The van der Waals surface area contributed by atoms with E-state index in [1.54, 1.807) is 29.2 Å². The van der Waals surface area contributed by atoms with Gasteiger partial charge in [0.25, 0.3) is 5.91 Å². The minimum Gasteiger partial charge on any atom is -0.373 e. The molecule has 6 heteroatoms. The van der Waals surface area contributed by atoms with Gasteiger partial charge in [-0.3, -0.25) is 4.79 Å². The van der Waals surface area contributed by atoms with Crippen molar-refractivity contribution in [3.05, 3.63) is 34.9 Å². The Morgan fingerprint density at radius 2 is 2.33 bits per heavy atom. The van der Waals surface area contributed by atoms with Crippen LogP contribution < -0.4 is 5.73 Å². The molecule has 1 aliphatic heterocycles. The lowest BCUT2D eigenvalue weighted by Crippen LogP contribution is -2.48. The minimum absolute atomic E-state index is 0. The van der Waals surface area contributed by atoms with E-state index in [9.17, 15) is 4.79 Å². The molecule has 0 radical (unpaired) electrons. The van der Waals surface area contributed by atoms with Gasteiger partial charge in [0.2, 0.25) is 0 Å². The number of hydrogen-bond donors (Lipinski definition) is 1. The van der Waals surface area contributed by atoms with E-state index in [2.05, 4.69) is 0 Å². The van der Waals surface area contributed by atoms with Gasteiger partial charge in [-0.25, -0.2) is 0 Å². The van der Waals surface area contributed by atoms with Gasteiger partial charge in [0.1, 0.15) is 0 Å². The van der Waals surface area contributed by atoms with Crippen LogP contribution >= 0.6 is 24.0 Å². The molecule has 100 valence electrons. The van der Waals surface area contributed by atoms with Crippen molar-refractivity contribution in [3.63, 3.8) is 0 Å². The summed E-state index contributed by atoms with van der Waals surface area (Å²) in [6, 6.07) is 6.97. The van der Waals surface area contributed by atoms with Crippen molar-refractivity contribution in [2.45, 2.75) is 6.10 Å². The zero-order valence-corrected chi connectivity index (χ0v) is 11.4. The van der Waals surface area contributed by atoms with Crippen LogP contribution in [-0.2, 0) is 4.74 Å². The van der Waals surface area contributed by atoms with Gasteiger partial charge in [-0.1, -0.05) is 17.7 Å². The van der Waals surface area contributed by atoms with E-state index in [4.69, 9.17) is 22.1 Å². The summed E-state index contributed by atoms with van der Waals surface area (Å²) in [5.74, 6) is -0.0192. The molecule has 0 aliphatic carbocycles. The number of amides is 1. The van der Waals surface area contributed by atoms with Crippen molar-refractivity contribution < 1.29 is 9.53 Å². The summed E-state index contributed by atoms with van der Waals surface area (Å²) in [7, 11) is 0. The highest BCUT2D eigenvalue weighted by Gasteiger charge is 2.24. The third-order valence-electron chi connectivity index (χ3n) is 2.76. The van der Waals surface area contributed by atoms with Crippen molar-refractivity contribution in [2.24, 2.45) is 5.73 Å². The lowest BCUT2D eigenvalue weighted by molar-refractivity contribution is -0.0167. The fraction of sp³-hybridized carbons (Fsp3) is 0.417. The first kappa shape index (κ1) is 15.2. The average molecular weight is 291 g/mol. The van der Waals surface area contributed by atoms with Crippen LogP contribution in [0.3, 0.4) is 0 Å². The molecule has 2 rings (SSSR count). The largest absolute Gasteiger partial charge is 0.373 e. The van der Waals surface area contributed by atoms with Gasteiger partial charge in [-0.05, 0) is 18.2 Å². The van der Waals surface area contributed by atoms with E-state index < -0.39 is 0 Å². The fourth-order valence-corrected chi connectivity index (χ4v) is 2.04. The molecule has 0 bridgehead atoms. The maximum absolute atomic E-state index is 12.2. The molecule has 18 heavy (non-hydrogen) atoms. The smallest absolute Gasteiger partial charge is 0.254 e. The van der Waals surface area contributed by atoms with Crippen molar-refractivity contribution in [3.8, 4) is 0 Å². The van der Waals surface area contributed by atoms with Crippen LogP contribution in [0.25, 0.3) is 0 Å². The quantitative estimate of drug-likeness (QED) is 0.899. The SMILES string of the molecule is Cl.NCC1CN(C(=O)c2cccc(Cl)c2)CCO1. The molecule has 1 aromatic carbocycles. The van der Waals surface area contributed by atoms with Crippen molar-refractivity contribution in [1.82, 2.24) is 4.90 Å². The standard InChI is InChI=1S/C12H15ClN2O2.ClH/c13-10-3-1-2-9(6-10)12(16)15-4-5-17-11(7-14)8-15;/h1-3,6,11H,4-5,7-8,14H2;1H. The van der Waals surface area contributed by atoms with Gasteiger partial charge in [0.15, 0.2) is 0 Å². The van der Waals surface area contributed by atoms with Gasteiger partial charge >= 0.3 is 0 Å². The number of halogens is 2. The molecule has 1 aliphatic rings. The number of benzene rings is 1. The molecule has 1 heterocycles. The molecule has 1 fully saturated rings. The number of nitrogens with two attached hydrogens (primary N) is 1. The summed E-state index contributed by atoms with van der Waals surface area (Å²) in [5, 5.41) is 0.569. The van der Waals surface area contributed by atoms with Crippen LogP contribution in [0.15, 0.2) is 24.3 Å². The summed E-state index contributed by atoms with van der Waals surface area (Å²) in [4.78, 5) is 13.9. The Kier molecular flexibility index (Phi) is 5.88. The van der Waals surface area contributed by atoms with Gasteiger partial charge in [-0.2, -0.15) is 0 Å². The van der Waals surface area contributed by atoms with E-state index in [1.165, 1.54) is 0 Å². The van der Waals surface area contributed by atoms with Crippen molar-refractivity contribution >= 4 is 29.9 Å². The Hall–Kier alpha value is -0.810. The Balaban J connectivity index is 0.00000162. The molecule has 1 amide bonds. The number of ether oxygens (including phenoxy) is 1. The number of hydrogen-bond acceptors (Lipinski definition) is 3. The Bertz CT molecular complexity index is 415. The zero-order valence-electron chi connectivity index (χ0n) is 9.84. The molecule has 1 atom stereocenters. The van der Waals surface area contributed by atoms with Crippen LogP contribution in [-0.4, -0.2) is 43.2 Å². The van der Waals surface area contributed by atoms with Crippen LogP contribution in [0, 0.1) is 0 Å². The first-order valence-corrected chi connectivity index (χ1v) is 5.95. The third-order valence-corrected chi connectivity index (χ3v) is 3.00. The topological polar surface area (TPSA) is 55.6 Å². The van der Waals surface area contributed by atoms with Crippen molar-refractivity contribution in [1.29, 1.82) is 0 Å². The van der Waals surface area contributed by atoms with Crippen molar-refractivity contribution in [2.75, 3.05) is 26.2 Å². The highest BCUT2D eigenvalue weighted by atomic mass is 35.5. The molecular weight excluding hydrogens is 275 g/mol. The van der Waals surface area contributed by atoms with Crippen LogP contribution in [0.4, 0.5) is 0 Å². The Morgan fingerprint density at radius 3 is 3.00 bits per heavy atom. The maximum atomic E-state index is 12.2. The lowest BCUT2D eigenvalue weighted by Gasteiger charge is -2.32. The second kappa shape index (κ2) is 6.95. The highest BCUT2D eigenvalue weighted by Crippen LogP contribution is 2.14. The molecule has 2 N–H and O–H groups in total. The monoisotopic (exact) mass is 290 g/mol. The molecular formula is C12H16Cl2N2O2.